The van der Waals surface area contributed by atoms with Gasteiger partial charge in [0.25, 0.3) is 0 Å². The van der Waals surface area contributed by atoms with E-state index in [4.69, 9.17) is 14.9 Å². The van der Waals surface area contributed by atoms with Crippen molar-refractivity contribution in [2.75, 3.05) is 0 Å². The normalized spacial score (nSPS) is 24.4. The number of rotatable bonds is 5. The molecule has 0 saturated heterocycles. The first kappa shape index (κ1) is 13.6. The highest BCUT2D eigenvalue weighted by atomic mass is 16.5. The van der Waals surface area contributed by atoms with Crippen molar-refractivity contribution in [1.82, 2.24) is 0 Å². The second-order valence-electron chi connectivity index (χ2n) is 5.37. The molecule has 3 nitrogen and oxygen atoms in total. The largest absolute Gasteiger partial charge is 0.464 e. The molecule has 0 aliphatic heterocycles. The van der Waals surface area contributed by atoms with Gasteiger partial charge in [-0.25, -0.2) is 0 Å². The van der Waals surface area contributed by atoms with Crippen LogP contribution >= 0.6 is 0 Å². The van der Waals surface area contributed by atoms with E-state index in [9.17, 15) is 0 Å². The standard InChI is InChI=1S/C15H25NO2/c1-3-12-5-4-6-14(7-12)17-10-15-8-13(9-16)11(2)18-15/h8,12,14H,3-7,9-10,16H2,1-2H3. The smallest absolute Gasteiger partial charge is 0.130 e. The number of hydrogen-bond donors (Lipinski definition) is 1. The Bertz CT molecular complexity index is 373. The van der Waals surface area contributed by atoms with E-state index in [1.807, 2.05) is 13.0 Å². The molecule has 2 unspecified atom stereocenters. The Hall–Kier alpha value is -0.800. The van der Waals surface area contributed by atoms with Gasteiger partial charge in [-0.1, -0.05) is 26.2 Å². The average molecular weight is 251 g/mol. The first-order chi connectivity index (χ1) is 8.72. The van der Waals surface area contributed by atoms with E-state index in [2.05, 4.69) is 6.92 Å². The van der Waals surface area contributed by atoms with Crippen LogP contribution in [0.2, 0.25) is 0 Å². The molecule has 1 fully saturated rings. The van der Waals surface area contributed by atoms with Crippen LogP contribution in [0.1, 0.15) is 56.1 Å². The summed E-state index contributed by atoms with van der Waals surface area (Å²) in [4.78, 5) is 0. The van der Waals surface area contributed by atoms with Gasteiger partial charge in [-0.15, -0.1) is 0 Å². The number of aryl methyl sites for hydroxylation is 1. The average Bonchev–Trinajstić information content (AvgIpc) is 2.77. The fraction of sp³-hybridized carbons (Fsp3) is 0.733. The summed E-state index contributed by atoms with van der Waals surface area (Å²) >= 11 is 0. The molecule has 0 amide bonds. The van der Waals surface area contributed by atoms with Gasteiger partial charge in [0.1, 0.15) is 18.1 Å². The topological polar surface area (TPSA) is 48.4 Å². The molecule has 0 radical (unpaired) electrons. The van der Waals surface area contributed by atoms with E-state index in [0.29, 0.717) is 19.3 Å². The minimum absolute atomic E-state index is 0.412. The van der Waals surface area contributed by atoms with Gasteiger partial charge in [-0.3, -0.25) is 0 Å². The molecule has 18 heavy (non-hydrogen) atoms. The Kier molecular flexibility index (Phi) is 4.84. The maximum atomic E-state index is 5.98. The summed E-state index contributed by atoms with van der Waals surface area (Å²) in [6, 6.07) is 2.02. The van der Waals surface area contributed by atoms with Gasteiger partial charge >= 0.3 is 0 Å². The summed E-state index contributed by atoms with van der Waals surface area (Å²) in [6.45, 7) is 5.36. The molecule has 1 aromatic heterocycles. The minimum Gasteiger partial charge on any atom is -0.464 e. The monoisotopic (exact) mass is 251 g/mol. The molecule has 1 heterocycles. The van der Waals surface area contributed by atoms with Crippen LogP contribution in [0.3, 0.4) is 0 Å². The lowest BCUT2D eigenvalue weighted by molar-refractivity contribution is -0.00556. The number of nitrogens with two attached hydrogens (primary N) is 1. The number of hydrogen-bond acceptors (Lipinski definition) is 3. The zero-order chi connectivity index (χ0) is 13.0. The second-order valence-corrected chi connectivity index (χ2v) is 5.37. The first-order valence-electron chi connectivity index (χ1n) is 7.12. The molecule has 2 rings (SSSR count). The molecule has 2 atom stereocenters. The van der Waals surface area contributed by atoms with Gasteiger partial charge < -0.3 is 14.9 Å². The molecular formula is C15H25NO2. The van der Waals surface area contributed by atoms with Crippen molar-refractivity contribution in [3.63, 3.8) is 0 Å². The molecule has 3 heteroatoms. The van der Waals surface area contributed by atoms with E-state index >= 15 is 0 Å². The number of ether oxygens (including phenoxy) is 1. The third-order valence-corrected chi connectivity index (χ3v) is 4.06. The molecule has 102 valence electrons. The van der Waals surface area contributed by atoms with Crippen LogP contribution in [0, 0.1) is 12.8 Å². The van der Waals surface area contributed by atoms with Crippen molar-refractivity contribution in [2.45, 2.75) is 65.2 Å². The second kappa shape index (κ2) is 6.39. The summed E-state index contributed by atoms with van der Waals surface area (Å²) in [5.74, 6) is 2.68. The van der Waals surface area contributed by atoms with Crippen molar-refractivity contribution >= 4 is 0 Å². The first-order valence-corrected chi connectivity index (χ1v) is 7.12. The van der Waals surface area contributed by atoms with Crippen LogP contribution in [0.4, 0.5) is 0 Å². The Morgan fingerprint density at radius 2 is 2.28 bits per heavy atom. The van der Waals surface area contributed by atoms with Crippen molar-refractivity contribution < 1.29 is 9.15 Å². The highest BCUT2D eigenvalue weighted by Gasteiger charge is 2.21. The van der Waals surface area contributed by atoms with Crippen molar-refractivity contribution in [3.05, 3.63) is 23.2 Å². The molecule has 1 aromatic rings. The molecule has 0 bridgehead atoms. The molecule has 1 saturated carbocycles. The Morgan fingerprint density at radius 3 is 2.94 bits per heavy atom. The van der Waals surface area contributed by atoms with Gasteiger partial charge in [0.2, 0.25) is 0 Å². The summed E-state index contributed by atoms with van der Waals surface area (Å²) in [5, 5.41) is 0. The predicted octanol–water partition coefficient (Wildman–Crippen LogP) is 3.53. The molecular weight excluding hydrogens is 226 g/mol. The summed E-state index contributed by atoms with van der Waals surface area (Å²) < 4.78 is 11.6. The Morgan fingerprint density at radius 1 is 1.44 bits per heavy atom. The van der Waals surface area contributed by atoms with Crippen LogP contribution < -0.4 is 5.73 Å². The van der Waals surface area contributed by atoms with Gasteiger partial charge in [0.15, 0.2) is 0 Å². The molecule has 1 aliphatic carbocycles. The van der Waals surface area contributed by atoms with E-state index in [1.165, 1.54) is 32.1 Å². The van der Waals surface area contributed by atoms with E-state index in [1.54, 1.807) is 0 Å². The van der Waals surface area contributed by atoms with E-state index in [-0.39, 0.29) is 0 Å². The van der Waals surface area contributed by atoms with Crippen LogP contribution in [-0.4, -0.2) is 6.10 Å². The molecule has 1 aliphatic rings. The van der Waals surface area contributed by atoms with E-state index < -0.39 is 0 Å². The van der Waals surface area contributed by atoms with Crippen molar-refractivity contribution in [3.8, 4) is 0 Å². The fourth-order valence-corrected chi connectivity index (χ4v) is 2.83. The van der Waals surface area contributed by atoms with Crippen molar-refractivity contribution in [1.29, 1.82) is 0 Å². The molecule has 2 N–H and O–H groups in total. The molecule has 0 spiro atoms. The third-order valence-electron chi connectivity index (χ3n) is 4.06. The van der Waals surface area contributed by atoms with Gasteiger partial charge in [-0.2, -0.15) is 0 Å². The summed E-state index contributed by atoms with van der Waals surface area (Å²) in [7, 11) is 0. The molecule has 0 aromatic carbocycles. The predicted molar refractivity (Wildman–Crippen MR) is 72.2 cm³/mol. The van der Waals surface area contributed by atoms with E-state index in [0.717, 1.165) is 23.0 Å². The third kappa shape index (κ3) is 3.36. The highest BCUT2D eigenvalue weighted by Crippen LogP contribution is 2.29. The zero-order valence-electron chi connectivity index (χ0n) is 11.6. The number of furan rings is 1. The lowest BCUT2D eigenvalue weighted by Gasteiger charge is -2.28. The quantitative estimate of drug-likeness (QED) is 0.870. The SMILES string of the molecule is CCC1CCCC(OCc2cc(CN)c(C)o2)C1. The Labute approximate surface area is 110 Å². The zero-order valence-corrected chi connectivity index (χ0v) is 11.6. The lowest BCUT2D eigenvalue weighted by Crippen LogP contribution is -2.22. The van der Waals surface area contributed by atoms with Crippen LogP contribution in [0.5, 0.6) is 0 Å². The minimum atomic E-state index is 0.412. The van der Waals surface area contributed by atoms with Gasteiger partial charge in [0, 0.05) is 12.1 Å². The van der Waals surface area contributed by atoms with Crippen LogP contribution in [0.25, 0.3) is 0 Å². The lowest BCUT2D eigenvalue weighted by atomic mass is 9.85. The summed E-state index contributed by atoms with van der Waals surface area (Å²) in [5.41, 5.74) is 6.73. The maximum Gasteiger partial charge on any atom is 0.130 e. The highest BCUT2D eigenvalue weighted by molar-refractivity contribution is 5.19. The Balaban J connectivity index is 1.83. The van der Waals surface area contributed by atoms with Gasteiger partial charge in [-0.05, 0) is 31.7 Å². The van der Waals surface area contributed by atoms with Crippen LogP contribution in [-0.2, 0) is 17.9 Å². The maximum absolute atomic E-state index is 5.98. The van der Waals surface area contributed by atoms with Crippen LogP contribution in [0.15, 0.2) is 10.5 Å². The summed E-state index contributed by atoms with van der Waals surface area (Å²) in [6.07, 6.45) is 6.76. The fourth-order valence-electron chi connectivity index (χ4n) is 2.83. The van der Waals surface area contributed by atoms with Crippen molar-refractivity contribution in [2.24, 2.45) is 11.7 Å². The van der Waals surface area contributed by atoms with Gasteiger partial charge in [0.05, 0.1) is 6.10 Å².